The van der Waals surface area contributed by atoms with Crippen LogP contribution < -0.4 is 5.32 Å². The minimum absolute atomic E-state index is 0.00185. The maximum atomic E-state index is 10.5. The molecule has 0 radical (unpaired) electrons. The largest absolute Gasteiger partial charge is 0.350 e. The zero-order valence-electron chi connectivity index (χ0n) is 5.73. The monoisotopic (exact) mass is 145 g/mol. The van der Waals surface area contributed by atoms with Crippen LogP contribution in [0.25, 0.3) is 0 Å². The van der Waals surface area contributed by atoms with Gasteiger partial charge in [0.25, 0.3) is 5.24 Å². The average molecular weight is 145 g/mol. The summed E-state index contributed by atoms with van der Waals surface area (Å²) in [5.41, 5.74) is 1.02. The number of carbonyl (C=O) groups excluding carboxylic acids is 1. The highest BCUT2D eigenvalue weighted by Gasteiger charge is 1.95. The maximum Gasteiger partial charge on any atom is 0.279 e. The zero-order valence-corrected chi connectivity index (χ0v) is 6.55. The van der Waals surface area contributed by atoms with Gasteiger partial charge >= 0.3 is 0 Å². The third-order valence-corrected chi connectivity index (χ3v) is 1.76. The van der Waals surface area contributed by atoms with Gasteiger partial charge in [-0.1, -0.05) is 23.9 Å². The molecule has 0 aliphatic rings. The molecule has 0 aromatic carbocycles. The molecular formula is C6H11NOS. The van der Waals surface area contributed by atoms with E-state index in [1.165, 1.54) is 11.8 Å². The van der Waals surface area contributed by atoms with Gasteiger partial charge in [-0.25, -0.2) is 0 Å². The normalized spacial score (nSPS) is 8.67. The molecule has 0 atom stereocenters. The highest BCUT2D eigenvalue weighted by Crippen LogP contribution is 2.04. The number of hydrogen-bond donors (Lipinski definition) is 1. The third-order valence-electron chi connectivity index (χ3n) is 0.654. The Morgan fingerprint density at radius 2 is 2.33 bits per heavy atom. The lowest BCUT2D eigenvalue weighted by atomic mass is 10.4. The minimum atomic E-state index is -0.00185. The van der Waals surface area contributed by atoms with Gasteiger partial charge in [-0.2, -0.15) is 0 Å². The SMILES string of the molecule is C=C(C)CSC(=O)NC. The average Bonchev–Trinajstić information content (AvgIpc) is 1.83. The van der Waals surface area contributed by atoms with Gasteiger partial charge in [0.1, 0.15) is 0 Å². The Balaban J connectivity index is 3.28. The number of amides is 1. The van der Waals surface area contributed by atoms with Gasteiger partial charge in [-0.15, -0.1) is 0 Å². The van der Waals surface area contributed by atoms with Crippen LogP contribution in [0.1, 0.15) is 6.92 Å². The fourth-order valence-electron chi connectivity index (χ4n) is 0.261. The molecule has 0 saturated carbocycles. The van der Waals surface area contributed by atoms with E-state index in [0.29, 0.717) is 5.75 Å². The smallest absolute Gasteiger partial charge is 0.279 e. The summed E-state index contributed by atoms with van der Waals surface area (Å²) in [5.74, 6) is 0.708. The first-order chi connectivity index (χ1) is 4.16. The molecular weight excluding hydrogens is 134 g/mol. The van der Waals surface area contributed by atoms with Crippen LogP contribution in [0, 0.1) is 0 Å². The molecule has 2 nitrogen and oxygen atoms in total. The summed E-state index contributed by atoms with van der Waals surface area (Å²) in [6.07, 6.45) is 0. The van der Waals surface area contributed by atoms with Gasteiger partial charge in [0, 0.05) is 12.8 Å². The van der Waals surface area contributed by atoms with Crippen LogP contribution in [0.2, 0.25) is 0 Å². The first-order valence-electron chi connectivity index (χ1n) is 2.65. The molecule has 0 aromatic heterocycles. The van der Waals surface area contributed by atoms with Crippen LogP contribution in [-0.4, -0.2) is 18.0 Å². The number of rotatable bonds is 2. The molecule has 0 heterocycles. The Morgan fingerprint density at radius 3 is 2.67 bits per heavy atom. The second-order valence-corrected chi connectivity index (χ2v) is 2.73. The van der Waals surface area contributed by atoms with Crippen molar-refractivity contribution in [2.75, 3.05) is 12.8 Å². The predicted molar refractivity (Wildman–Crippen MR) is 41.7 cm³/mol. The molecule has 0 spiro atoms. The molecule has 0 unspecified atom stereocenters. The van der Waals surface area contributed by atoms with Gasteiger partial charge in [-0.05, 0) is 6.92 Å². The van der Waals surface area contributed by atoms with Crippen molar-refractivity contribution >= 4 is 17.0 Å². The Labute approximate surface area is 59.7 Å². The molecule has 3 heteroatoms. The first kappa shape index (κ1) is 8.56. The van der Waals surface area contributed by atoms with Gasteiger partial charge in [0.05, 0.1) is 0 Å². The molecule has 0 aliphatic carbocycles. The van der Waals surface area contributed by atoms with Gasteiger partial charge in [0.15, 0.2) is 0 Å². The Morgan fingerprint density at radius 1 is 1.78 bits per heavy atom. The predicted octanol–water partition coefficient (Wildman–Crippen LogP) is 1.64. The van der Waals surface area contributed by atoms with Crippen LogP contribution in [-0.2, 0) is 0 Å². The van der Waals surface area contributed by atoms with E-state index < -0.39 is 0 Å². The molecule has 0 bridgehead atoms. The minimum Gasteiger partial charge on any atom is -0.350 e. The summed E-state index contributed by atoms with van der Waals surface area (Å²) in [4.78, 5) is 10.5. The summed E-state index contributed by atoms with van der Waals surface area (Å²) in [6.45, 7) is 5.56. The second kappa shape index (κ2) is 4.44. The fraction of sp³-hybridized carbons (Fsp3) is 0.500. The van der Waals surface area contributed by atoms with E-state index in [9.17, 15) is 4.79 Å². The van der Waals surface area contributed by atoms with Crippen molar-refractivity contribution in [1.29, 1.82) is 0 Å². The van der Waals surface area contributed by atoms with E-state index in [1.807, 2.05) is 6.92 Å². The molecule has 1 N–H and O–H groups in total. The van der Waals surface area contributed by atoms with Crippen molar-refractivity contribution in [1.82, 2.24) is 5.32 Å². The molecule has 1 amide bonds. The Kier molecular flexibility index (Phi) is 4.22. The molecule has 0 aliphatic heterocycles. The van der Waals surface area contributed by atoms with Crippen LogP contribution in [0.5, 0.6) is 0 Å². The van der Waals surface area contributed by atoms with E-state index in [2.05, 4.69) is 11.9 Å². The summed E-state index contributed by atoms with van der Waals surface area (Å²) < 4.78 is 0. The van der Waals surface area contributed by atoms with Gasteiger partial charge in [-0.3, -0.25) is 4.79 Å². The summed E-state index contributed by atoms with van der Waals surface area (Å²) in [6, 6.07) is 0. The molecule has 52 valence electrons. The lowest BCUT2D eigenvalue weighted by molar-refractivity contribution is 0.262. The van der Waals surface area contributed by atoms with E-state index in [4.69, 9.17) is 0 Å². The topological polar surface area (TPSA) is 29.1 Å². The van der Waals surface area contributed by atoms with Crippen LogP contribution in [0.3, 0.4) is 0 Å². The van der Waals surface area contributed by atoms with E-state index in [-0.39, 0.29) is 5.24 Å². The van der Waals surface area contributed by atoms with Crippen molar-refractivity contribution in [3.8, 4) is 0 Å². The Hall–Kier alpha value is -0.440. The van der Waals surface area contributed by atoms with Crippen LogP contribution >= 0.6 is 11.8 Å². The highest BCUT2D eigenvalue weighted by molar-refractivity contribution is 8.13. The number of hydrogen-bond acceptors (Lipinski definition) is 2. The van der Waals surface area contributed by atoms with Gasteiger partial charge in [0.2, 0.25) is 0 Å². The van der Waals surface area contributed by atoms with Crippen molar-refractivity contribution in [2.45, 2.75) is 6.92 Å². The molecule has 0 rings (SSSR count). The van der Waals surface area contributed by atoms with E-state index in [0.717, 1.165) is 5.57 Å². The van der Waals surface area contributed by atoms with Crippen molar-refractivity contribution < 1.29 is 4.79 Å². The number of thioether (sulfide) groups is 1. The third kappa shape index (κ3) is 5.43. The van der Waals surface area contributed by atoms with Crippen LogP contribution in [0.4, 0.5) is 4.79 Å². The molecule has 0 aromatic rings. The number of carbonyl (C=O) groups is 1. The Bertz CT molecular complexity index is 122. The summed E-state index contributed by atoms with van der Waals surface area (Å²) in [5, 5.41) is 2.50. The fourth-order valence-corrected chi connectivity index (χ4v) is 0.783. The maximum absolute atomic E-state index is 10.5. The van der Waals surface area contributed by atoms with Gasteiger partial charge < -0.3 is 5.32 Å². The van der Waals surface area contributed by atoms with Crippen molar-refractivity contribution in [2.24, 2.45) is 0 Å². The van der Waals surface area contributed by atoms with E-state index >= 15 is 0 Å². The quantitative estimate of drug-likeness (QED) is 0.598. The van der Waals surface area contributed by atoms with E-state index in [1.54, 1.807) is 7.05 Å². The van der Waals surface area contributed by atoms with Crippen molar-refractivity contribution in [3.05, 3.63) is 12.2 Å². The lowest BCUT2D eigenvalue weighted by Gasteiger charge is -1.96. The van der Waals surface area contributed by atoms with Crippen LogP contribution in [0.15, 0.2) is 12.2 Å². The zero-order chi connectivity index (χ0) is 7.28. The first-order valence-corrected chi connectivity index (χ1v) is 3.64. The number of nitrogens with one attached hydrogen (secondary N) is 1. The summed E-state index contributed by atoms with van der Waals surface area (Å²) in [7, 11) is 1.62. The lowest BCUT2D eigenvalue weighted by Crippen LogP contribution is -2.11. The van der Waals surface area contributed by atoms with Crippen molar-refractivity contribution in [3.63, 3.8) is 0 Å². The standard InChI is InChI=1S/C6H11NOS/c1-5(2)4-9-6(8)7-3/h1,4H2,2-3H3,(H,7,8). The highest BCUT2D eigenvalue weighted by atomic mass is 32.2. The second-order valence-electron chi connectivity index (χ2n) is 1.78. The molecule has 9 heavy (non-hydrogen) atoms. The molecule has 0 saturated heterocycles. The summed E-state index contributed by atoms with van der Waals surface area (Å²) >= 11 is 1.23. The molecule has 0 fully saturated rings.